The van der Waals surface area contributed by atoms with Gasteiger partial charge in [-0.15, -0.1) is 0 Å². The number of unbranched alkanes of at least 4 members (excludes halogenated alkanes) is 2. The van der Waals surface area contributed by atoms with Gasteiger partial charge >= 0.3 is 0 Å². The molecule has 0 aliphatic rings. The standard InChI is InChI=1S/C13H26/c1-4-7-8-9-10-12-13(6-3)11-5-2/h4,7,13H,5-6,8-12H2,1-3H3/b7-4+. The third-order valence-electron chi connectivity index (χ3n) is 2.74. The zero-order chi connectivity index (χ0) is 9.94. The largest absolute Gasteiger partial charge is 0.0917 e. The maximum absolute atomic E-state index is 2.33. The summed E-state index contributed by atoms with van der Waals surface area (Å²) in [4.78, 5) is 0. The lowest BCUT2D eigenvalue weighted by molar-refractivity contribution is 0.414. The van der Waals surface area contributed by atoms with Crippen molar-refractivity contribution in [3.8, 4) is 0 Å². The summed E-state index contributed by atoms with van der Waals surface area (Å²) in [6.45, 7) is 6.72. The summed E-state index contributed by atoms with van der Waals surface area (Å²) in [5.41, 5.74) is 0. The molecule has 0 rings (SSSR count). The number of hydrogen-bond donors (Lipinski definition) is 0. The molecule has 0 spiro atoms. The summed E-state index contributed by atoms with van der Waals surface area (Å²) in [6.07, 6.45) is 14.1. The van der Waals surface area contributed by atoms with Crippen LogP contribution in [0.1, 0.15) is 65.7 Å². The van der Waals surface area contributed by atoms with E-state index >= 15 is 0 Å². The average Bonchev–Trinajstić information content (AvgIpc) is 2.16. The highest BCUT2D eigenvalue weighted by atomic mass is 14.1. The van der Waals surface area contributed by atoms with Crippen LogP contribution in [0, 0.1) is 5.92 Å². The van der Waals surface area contributed by atoms with Crippen molar-refractivity contribution in [3.05, 3.63) is 12.2 Å². The predicted molar refractivity (Wildman–Crippen MR) is 62.0 cm³/mol. The normalized spacial score (nSPS) is 13.8. The molecule has 0 heterocycles. The third-order valence-corrected chi connectivity index (χ3v) is 2.74. The molecule has 0 saturated carbocycles. The van der Waals surface area contributed by atoms with E-state index in [9.17, 15) is 0 Å². The highest BCUT2D eigenvalue weighted by molar-refractivity contribution is 4.76. The molecular formula is C13H26. The Bertz CT molecular complexity index is 113. The highest BCUT2D eigenvalue weighted by Gasteiger charge is 2.03. The van der Waals surface area contributed by atoms with Crippen LogP contribution in [0.3, 0.4) is 0 Å². The van der Waals surface area contributed by atoms with Crippen LogP contribution in [0.25, 0.3) is 0 Å². The van der Waals surface area contributed by atoms with Crippen molar-refractivity contribution in [2.45, 2.75) is 65.7 Å². The maximum atomic E-state index is 2.33. The quantitative estimate of drug-likeness (QED) is 0.368. The predicted octanol–water partition coefficient (Wildman–Crippen LogP) is 4.95. The first-order valence-electron chi connectivity index (χ1n) is 5.96. The maximum Gasteiger partial charge on any atom is -0.0351 e. The molecule has 1 atom stereocenters. The van der Waals surface area contributed by atoms with Gasteiger partial charge in [-0.25, -0.2) is 0 Å². The average molecular weight is 182 g/mol. The molecule has 0 aromatic rings. The molecule has 78 valence electrons. The number of allylic oxidation sites excluding steroid dienone is 2. The van der Waals surface area contributed by atoms with E-state index in [4.69, 9.17) is 0 Å². The topological polar surface area (TPSA) is 0 Å². The second-order valence-corrected chi connectivity index (χ2v) is 3.92. The molecular weight excluding hydrogens is 156 g/mol. The van der Waals surface area contributed by atoms with Crippen molar-refractivity contribution < 1.29 is 0 Å². The van der Waals surface area contributed by atoms with Crippen LogP contribution in [0.15, 0.2) is 12.2 Å². The van der Waals surface area contributed by atoms with E-state index in [1.807, 2.05) is 0 Å². The second-order valence-electron chi connectivity index (χ2n) is 3.92. The molecule has 0 bridgehead atoms. The van der Waals surface area contributed by atoms with E-state index in [0.29, 0.717) is 0 Å². The molecule has 0 aromatic carbocycles. The van der Waals surface area contributed by atoms with E-state index < -0.39 is 0 Å². The van der Waals surface area contributed by atoms with Crippen LogP contribution in [-0.2, 0) is 0 Å². The minimum absolute atomic E-state index is 0.996. The minimum Gasteiger partial charge on any atom is -0.0917 e. The summed E-state index contributed by atoms with van der Waals surface area (Å²) < 4.78 is 0. The Morgan fingerprint density at radius 2 is 1.85 bits per heavy atom. The van der Waals surface area contributed by atoms with E-state index in [-0.39, 0.29) is 0 Å². The molecule has 0 heteroatoms. The van der Waals surface area contributed by atoms with E-state index in [1.54, 1.807) is 0 Å². The summed E-state index contributed by atoms with van der Waals surface area (Å²) in [7, 11) is 0. The van der Waals surface area contributed by atoms with Gasteiger partial charge in [0.1, 0.15) is 0 Å². The zero-order valence-electron chi connectivity index (χ0n) is 9.68. The smallest absolute Gasteiger partial charge is 0.0351 e. The molecule has 0 aliphatic heterocycles. The van der Waals surface area contributed by atoms with Crippen LogP contribution < -0.4 is 0 Å². The lowest BCUT2D eigenvalue weighted by atomic mass is 9.94. The summed E-state index contributed by atoms with van der Waals surface area (Å²) in [5.74, 6) is 0.996. The van der Waals surface area contributed by atoms with Crippen LogP contribution >= 0.6 is 0 Å². The highest BCUT2D eigenvalue weighted by Crippen LogP contribution is 2.18. The van der Waals surface area contributed by atoms with Gasteiger partial charge in [0.15, 0.2) is 0 Å². The van der Waals surface area contributed by atoms with Crippen molar-refractivity contribution in [2.75, 3.05) is 0 Å². The third kappa shape index (κ3) is 8.08. The van der Waals surface area contributed by atoms with E-state index in [0.717, 1.165) is 5.92 Å². The molecule has 0 aliphatic carbocycles. The molecule has 0 saturated heterocycles. The Labute approximate surface area is 84.4 Å². The first-order valence-corrected chi connectivity index (χ1v) is 5.96. The molecule has 1 unspecified atom stereocenters. The van der Waals surface area contributed by atoms with Gasteiger partial charge in [0.05, 0.1) is 0 Å². The van der Waals surface area contributed by atoms with Crippen molar-refractivity contribution in [1.82, 2.24) is 0 Å². The van der Waals surface area contributed by atoms with Gasteiger partial charge in [0.25, 0.3) is 0 Å². The van der Waals surface area contributed by atoms with Gasteiger partial charge in [-0.05, 0) is 25.7 Å². The lowest BCUT2D eigenvalue weighted by Gasteiger charge is -2.12. The van der Waals surface area contributed by atoms with Gasteiger partial charge < -0.3 is 0 Å². The fourth-order valence-electron chi connectivity index (χ4n) is 1.82. The molecule has 0 aromatic heterocycles. The number of hydrogen-bond acceptors (Lipinski definition) is 0. The van der Waals surface area contributed by atoms with Crippen molar-refractivity contribution in [1.29, 1.82) is 0 Å². The minimum atomic E-state index is 0.996. The summed E-state index contributed by atoms with van der Waals surface area (Å²) >= 11 is 0. The first-order chi connectivity index (χ1) is 6.35. The van der Waals surface area contributed by atoms with Gasteiger partial charge in [-0.2, -0.15) is 0 Å². The molecule has 0 amide bonds. The fourth-order valence-corrected chi connectivity index (χ4v) is 1.82. The summed E-state index contributed by atoms with van der Waals surface area (Å²) in [6, 6.07) is 0. The van der Waals surface area contributed by atoms with Crippen LogP contribution in [0.4, 0.5) is 0 Å². The van der Waals surface area contributed by atoms with Crippen molar-refractivity contribution in [3.63, 3.8) is 0 Å². The van der Waals surface area contributed by atoms with Crippen molar-refractivity contribution in [2.24, 2.45) is 5.92 Å². The van der Waals surface area contributed by atoms with Crippen LogP contribution in [-0.4, -0.2) is 0 Å². The van der Waals surface area contributed by atoms with Gasteiger partial charge in [0, 0.05) is 0 Å². The van der Waals surface area contributed by atoms with E-state index in [1.165, 1.54) is 44.9 Å². The fraction of sp³-hybridized carbons (Fsp3) is 0.846. The van der Waals surface area contributed by atoms with Crippen molar-refractivity contribution >= 4 is 0 Å². The Morgan fingerprint density at radius 1 is 1.08 bits per heavy atom. The number of rotatable bonds is 8. The Morgan fingerprint density at radius 3 is 2.38 bits per heavy atom. The van der Waals surface area contributed by atoms with Crippen LogP contribution in [0.2, 0.25) is 0 Å². The Balaban J connectivity index is 3.27. The lowest BCUT2D eigenvalue weighted by Crippen LogP contribution is -1.97. The van der Waals surface area contributed by atoms with Gasteiger partial charge in [-0.3, -0.25) is 0 Å². The Hall–Kier alpha value is -0.260. The summed E-state index contributed by atoms with van der Waals surface area (Å²) in [5, 5.41) is 0. The van der Waals surface area contributed by atoms with Gasteiger partial charge in [0.2, 0.25) is 0 Å². The zero-order valence-corrected chi connectivity index (χ0v) is 9.68. The van der Waals surface area contributed by atoms with E-state index in [2.05, 4.69) is 32.9 Å². The molecule has 0 radical (unpaired) electrons. The first kappa shape index (κ1) is 12.7. The second kappa shape index (κ2) is 9.83. The molecule has 0 fully saturated rings. The van der Waals surface area contributed by atoms with Gasteiger partial charge in [-0.1, -0.05) is 58.1 Å². The Kier molecular flexibility index (Phi) is 9.63. The van der Waals surface area contributed by atoms with Crippen LogP contribution in [0.5, 0.6) is 0 Å². The monoisotopic (exact) mass is 182 g/mol. The molecule has 0 nitrogen and oxygen atoms in total. The molecule has 0 N–H and O–H groups in total. The SMILES string of the molecule is C/C=C/CCCCC(CC)CCC. The molecule has 13 heavy (non-hydrogen) atoms.